The molecule has 5 nitrogen and oxygen atoms in total. The van der Waals surface area contributed by atoms with Crippen LogP contribution in [0.5, 0.6) is 5.75 Å². The third kappa shape index (κ3) is 3.49. The van der Waals surface area contributed by atoms with E-state index in [0.29, 0.717) is 15.8 Å². The second-order valence-corrected chi connectivity index (χ2v) is 5.32. The number of esters is 1. The number of nitrogens with zero attached hydrogens (tertiary/aromatic N) is 1. The summed E-state index contributed by atoms with van der Waals surface area (Å²) in [4.78, 5) is 16.6. The minimum Gasteiger partial charge on any atom is -0.497 e. The normalized spacial score (nSPS) is 10.3. The first-order chi connectivity index (χ1) is 10.0. The van der Waals surface area contributed by atoms with E-state index in [9.17, 15) is 9.18 Å². The molecule has 0 atom stereocenters. The van der Waals surface area contributed by atoms with Gasteiger partial charge in [-0.25, -0.2) is 14.2 Å². The van der Waals surface area contributed by atoms with Crippen LogP contribution in [0.3, 0.4) is 0 Å². The third-order valence-electron chi connectivity index (χ3n) is 2.68. The van der Waals surface area contributed by atoms with Gasteiger partial charge in [0.1, 0.15) is 11.6 Å². The van der Waals surface area contributed by atoms with Gasteiger partial charge in [0.2, 0.25) is 0 Å². The van der Waals surface area contributed by atoms with E-state index in [1.165, 1.54) is 36.6 Å². The maximum atomic E-state index is 13.7. The summed E-state index contributed by atoms with van der Waals surface area (Å²) in [5, 5.41) is 3.27. The summed E-state index contributed by atoms with van der Waals surface area (Å²) in [7, 11) is 1.50. The van der Waals surface area contributed by atoms with E-state index in [0.717, 1.165) is 0 Å². The van der Waals surface area contributed by atoms with Gasteiger partial charge in [-0.1, -0.05) is 0 Å². The van der Waals surface area contributed by atoms with Crippen molar-refractivity contribution >= 4 is 28.1 Å². The number of hydrogen-bond acceptors (Lipinski definition) is 6. The summed E-state index contributed by atoms with van der Waals surface area (Å²) in [6, 6.07) is 4.35. The van der Waals surface area contributed by atoms with Crippen molar-refractivity contribution in [3.63, 3.8) is 0 Å². The van der Waals surface area contributed by atoms with E-state index in [1.54, 1.807) is 13.8 Å². The average molecular weight is 310 g/mol. The maximum Gasteiger partial charge on any atom is 0.358 e. The monoisotopic (exact) mass is 310 g/mol. The van der Waals surface area contributed by atoms with E-state index in [1.807, 2.05) is 0 Å². The molecule has 7 heteroatoms. The Hall–Kier alpha value is -2.15. The molecule has 112 valence electrons. The molecule has 1 N–H and O–H groups in total. The lowest BCUT2D eigenvalue weighted by Crippen LogP contribution is -2.06. The Kier molecular flexibility index (Phi) is 4.74. The van der Waals surface area contributed by atoms with E-state index in [-0.39, 0.29) is 18.0 Å². The number of thiazole rings is 1. The molecule has 1 aromatic heterocycles. The summed E-state index contributed by atoms with van der Waals surface area (Å²) in [5.41, 5.74) is 0.478. The number of carbonyl (C=O) groups is 1. The third-order valence-corrected chi connectivity index (χ3v) is 3.57. The Balaban J connectivity index is 2.24. The lowest BCUT2D eigenvalue weighted by Gasteiger charge is -2.06. The molecule has 21 heavy (non-hydrogen) atoms. The van der Waals surface area contributed by atoms with Gasteiger partial charge in [0, 0.05) is 10.9 Å². The second-order valence-electron chi connectivity index (χ2n) is 4.12. The number of methoxy groups -OCH3 is 1. The second kappa shape index (κ2) is 6.53. The molecule has 1 heterocycles. The molecule has 0 spiro atoms. The van der Waals surface area contributed by atoms with Crippen LogP contribution in [0.2, 0.25) is 0 Å². The van der Waals surface area contributed by atoms with E-state index in [4.69, 9.17) is 9.47 Å². The number of benzene rings is 1. The highest BCUT2D eigenvalue weighted by atomic mass is 32.1. The molecule has 0 amide bonds. The Morgan fingerprint density at radius 3 is 2.90 bits per heavy atom. The number of carbonyl (C=O) groups excluding carboxylic acids is 1. The van der Waals surface area contributed by atoms with Crippen LogP contribution in [0.4, 0.5) is 15.2 Å². The summed E-state index contributed by atoms with van der Waals surface area (Å²) in [6.45, 7) is 3.77. The van der Waals surface area contributed by atoms with E-state index < -0.39 is 11.8 Å². The van der Waals surface area contributed by atoms with Gasteiger partial charge in [-0.3, -0.25) is 0 Å². The smallest absolute Gasteiger partial charge is 0.358 e. The molecular weight excluding hydrogens is 295 g/mol. The molecule has 0 saturated heterocycles. The molecule has 0 radical (unpaired) electrons. The number of aromatic nitrogens is 1. The topological polar surface area (TPSA) is 60.5 Å². The minimum absolute atomic E-state index is 0.235. The zero-order chi connectivity index (χ0) is 15.4. The van der Waals surface area contributed by atoms with Crippen LogP contribution in [-0.4, -0.2) is 24.7 Å². The van der Waals surface area contributed by atoms with E-state index >= 15 is 0 Å². The SMILES string of the molecule is CCOC(=O)c1nc(Nc2cc(OC)ccc2F)sc1C. The van der Waals surface area contributed by atoms with Gasteiger partial charge in [0.25, 0.3) is 0 Å². The van der Waals surface area contributed by atoms with Crippen molar-refractivity contribution in [3.8, 4) is 5.75 Å². The van der Waals surface area contributed by atoms with Crippen molar-refractivity contribution in [2.24, 2.45) is 0 Å². The summed E-state index contributed by atoms with van der Waals surface area (Å²) >= 11 is 1.26. The molecule has 2 aromatic rings. The molecular formula is C14H15FN2O3S. The Morgan fingerprint density at radius 1 is 1.48 bits per heavy atom. The van der Waals surface area contributed by atoms with Gasteiger partial charge >= 0.3 is 5.97 Å². The maximum absolute atomic E-state index is 13.7. The molecule has 0 saturated carbocycles. The Labute approximate surface area is 125 Å². The van der Waals surface area contributed by atoms with Gasteiger partial charge in [-0.2, -0.15) is 0 Å². The van der Waals surface area contributed by atoms with Gasteiger partial charge in [-0.15, -0.1) is 11.3 Å². The number of hydrogen-bond donors (Lipinski definition) is 1. The molecule has 0 bridgehead atoms. The number of halogens is 1. The summed E-state index contributed by atoms with van der Waals surface area (Å²) < 4.78 is 23.7. The summed E-state index contributed by atoms with van der Waals surface area (Å²) in [5.74, 6) is -0.385. The molecule has 0 aliphatic rings. The Bertz CT molecular complexity index is 658. The van der Waals surface area contributed by atoms with Gasteiger partial charge in [0.15, 0.2) is 10.8 Å². The van der Waals surface area contributed by atoms with Gasteiger partial charge in [-0.05, 0) is 26.0 Å². The number of rotatable bonds is 5. The summed E-state index contributed by atoms with van der Waals surface area (Å²) in [6.07, 6.45) is 0. The van der Waals surface area contributed by atoms with Crippen LogP contribution in [0.25, 0.3) is 0 Å². The molecule has 0 unspecified atom stereocenters. The predicted octanol–water partition coefficient (Wildman–Crippen LogP) is 3.52. The lowest BCUT2D eigenvalue weighted by atomic mass is 10.3. The fourth-order valence-corrected chi connectivity index (χ4v) is 2.49. The first kappa shape index (κ1) is 15.2. The highest BCUT2D eigenvalue weighted by Gasteiger charge is 2.17. The minimum atomic E-state index is -0.481. The largest absolute Gasteiger partial charge is 0.497 e. The van der Waals surface area contributed by atoms with Crippen molar-refractivity contribution in [2.75, 3.05) is 19.0 Å². The standard InChI is InChI=1S/C14H15FN2O3S/c1-4-20-13(18)12-8(2)21-14(17-12)16-11-7-9(19-3)5-6-10(11)15/h5-7H,4H2,1-3H3,(H,16,17). The predicted molar refractivity (Wildman–Crippen MR) is 79.0 cm³/mol. The van der Waals surface area contributed by atoms with Crippen molar-refractivity contribution in [3.05, 3.63) is 34.6 Å². The Morgan fingerprint density at radius 2 is 2.24 bits per heavy atom. The first-order valence-electron chi connectivity index (χ1n) is 6.30. The molecule has 0 fully saturated rings. The molecule has 1 aromatic carbocycles. The molecule has 0 aliphatic heterocycles. The van der Waals surface area contributed by atoms with Crippen LogP contribution in [-0.2, 0) is 4.74 Å². The van der Waals surface area contributed by atoms with Crippen LogP contribution in [0.15, 0.2) is 18.2 Å². The zero-order valence-electron chi connectivity index (χ0n) is 11.9. The molecule has 0 aliphatic carbocycles. The zero-order valence-corrected chi connectivity index (χ0v) is 12.7. The number of anilines is 2. The van der Waals surface area contributed by atoms with Crippen LogP contribution >= 0.6 is 11.3 Å². The quantitative estimate of drug-likeness (QED) is 0.856. The van der Waals surface area contributed by atoms with Crippen LogP contribution < -0.4 is 10.1 Å². The van der Waals surface area contributed by atoms with Gasteiger partial charge in [0.05, 0.1) is 19.4 Å². The van der Waals surface area contributed by atoms with Gasteiger partial charge < -0.3 is 14.8 Å². The molecule has 2 rings (SSSR count). The van der Waals surface area contributed by atoms with E-state index in [2.05, 4.69) is 10.3 Å². The van der Waals surface area contributed by atoms with Crippen molar-refractivity contribution < 1.29 is 18.7 Å². The fourth-order valence-electron chi connectivity index (χ4n) is 1.68. The van der Waals surface area contributed by atoms with Crippen molar-refractivity contribution in [1.29, 1.82) is 0 Å². The lowest BCUT2D eigenvalue weighted by molar-refractivity contribution is 0.0519. The number of aryl methyl sites for hydroxylation is 1. The van der Waals surface area contributed by atoms with Crippen LogP contribution in [0.1, 0.15) is 22.3 Å². The number of nitrogens with one attached hydrogen (secondary N) is 1. The van der Waals surface area contributed by atoms with Crippen LogP contribution in [0, 0.1) is 12.7 Å². The number of ether oxygens (including phenoxy) is 2. The highest BCUT2D eigenvalue weighted by molar-refractivity contribution is 7.15. The fraction of sp³-hybridized carbons (Fsp3) is 0.286. The first-order valence-corrected chi connectivity index (χ1v) is 7.12. The highest BCUT2D eigenvalue weighted by Crippen LogP contribution is 2.29. The van der Waals surface area contributed by atoms with Crippen molar-refractivity contribution in [2.45, 2.75) is 13.8 Å². The average Bonchev–Trinajstić information content (AvgIpc) is 2.82. The van der Waals surface area contributed by atoms with Crippen molar-refractivity contribution in [1.82, 2.24) is 4.98 Å².